The van der Waals surface area contributed by atoms with Crippen LogP contribution in [0.15, 0.2) is 0 Å². The minimum atomic E-state index is 0.358. The standard InChI is InChI=1S/C7H12N4S/c8-7-9-6(10-11-7)5-3-1-2-4-12-5/h5H,1-4H2,(H3,8,9,10,11). The van der Waals surface area contributed by atoms with Gasteiger partial charge in [0, 0.05) is 0 Å². The van der Waals surface area contributed by atoms with Gasteiger partial charge in [0.15, 0.2) is 0 Å². The molecule has 12 heavy (non-hydrogen) atoms. The van der Waals surface area contributed by atoms with E-state index in [1.54, 1.807) is 0 Å². The maximum atomic E-state index is 5.42. The van der Waals surface area contributed by atoms with E-state index in [-0.39, 0.29) is 0 Å². The second-order valence-corrected chi connectivity index (χ2v) is 4.24. The molecule has 0 aromatic carbocycles. The minimum absolute atomic E-state index is 0.358. The van der Waals surface area contributed by atoms with Crippen LogP contribution in [0, 0.1) is 0 Å². The Bertz CT molecular complexity index is 254. The molecular formula is C7H12N4S. The van der Waals surface area contributed by atoms with E-state index < -0.39 is 0 Å². The Labute approximate surface area is 75.3 Å². The van der Waals surface area contributed by atoms with Gasteiger partial charge in [-0.1, -0.05) is 6.42 Å². The van der Waals surface area contributed by atoms with Gasteiger partial charge in [-0.3, -0.25) is 5.10 Å². The molecule has 5 heteroatoms. The number of H-pyrrole nitrogens is 1. The zero-order valence-electron chi connectivity index (χ0n) is 6.79. The molecule has 0 spiro atoms. The van der Waals surface area contributed by atoms with Crippen LogP contribution in [0.4, 0.5) is 5.95 Å². The topological polar surface area (TPSA) is 67.6 Å². The first-order chi connectivity index (χ1) is 5.86. The number of aromatic nitrogens is 3. The van der Waals surface area contributed by atoms with Crippen molar-refractivity contribution >= 4 is 17.7 Å². The smallest absolute Gasteiger partial charge is 0.239 e. The minimum Gasteiger partial charge on any atom is -0.367 e. The molecule has 2 rings (SSSR count). The lowest BCUT2D eigenvalue weighted by Gasteiger charge is -2.18. The van der Waals surface area contributed by atoms with E-state index in [4.69, 9.17) is 5.73 Å². The number of thioether (sulfide) groups is 1. The third-order valence-electron chi connectivity index (χ3n) is 2.00. The highest BCUT2D eigenvalue weighted by molar-refractivity contribution is 7.99. The molecule has 0 amide bonds. The highest BCUT2D eigenvalue weighted by Crippen LogP contribution is 2.36. The first-order valence-electron chi connectivity index (χ1n) is 4.15. The molecule has 0 bridgehead atoms. The molecule has 1 aliphatic rings. The van der Waals surface area contributed by atoms with Crippen LogP contribution in [0.1, 0.15) is 30.3 Å². The Kier molecular flexibility index (Phi) is 2.21. The van der Waals surface area contributed by atoms with Crippen LogP contribution in [0.3, 0.4) is 0 Å². The van der Waals surface area contributed by atoms with Crippen molar-refractivity contribution in [3.63, 3.8) is 0 Å². The monoisotopic (exact) mass is 184 g/mol. The molecule has 0 radical (unpaired) electrons. The van der Waals surface area contributed by atoms with Crippen molar-refractivity contribution in [3.8, 4) is 0 Å². The number of anilines is 1. The Hall–Kier alpha value is -0.710. The van der Waals surface area contributed by atoms with Crippen molar-refractivity contribution in [1.82, 2.24) is 15.2 Å². The summed E-state index contributed by atoms with van der Waals surface area (Å²) in [5, 5.41) is 7.18. The van der Waals surface area contributed by atoms with Gasteiger partial charge in [-0.05, 0) is 18.6 Å². The summed E-state index contributed by atoms with van der Waals surface area (Å²) in [5.74, 6) is 2.53. The molecule has 2 heterocycles. The quantitative estimate of drug-likeness (QED) is 0.691. The van der Waals surface area contributed by atoms with Gasteiger partial charge in [-0.25, -0.2) is 0 Å². The molecule has 1 unspecified atom stereocenters. The van der Waals surface area contributed by atoms with E-state index in [0.717, 1.165) is 5.82 Å². The number of aromatic amines is 1. The zero-order chi connectivity index (χ0) is 8.39. The molecule has 0 saturated carbocycles. The number of hydrogen-bond acceptors (Lipinski definition) is 4. The Morgan fingerprint density at radius 3 is 3.00 bits per heavy atom. The summed E-state index contributed by atoms with van der Waals surface area (Å²) in [4.78, 5) is 4.12. The van der Waals surface area contributed by atoms with Gasteiger partial charge in [-0.2, -0.15) is 16.7 Å². The van der Waals surface area contributed by atoms with E-state index in [2.05, 4.69) is 15.2 Å². The van der Waals surface area contributed by atoms with E-state index in [1.807, 2.05) is 11.8 Å². The maximum Gasteiger partial charge on any atom is 0.239 e. The third kappa shape index (κ3) is 1.55. The Balaban J connectivity index is 2.08. The molecule has 3 N–H and O–H groups in total. The van der Waals surface area contributed by atoms with Gasteiger partial charge in [-0.15, -0.1) is 5.10 Å². The van der Waals surface area contributed by atoms with Gasteiger partial charge in [0.2, 0.25) is 5.95 Å². The van der Waals surface area contributed by atoms with Gasteiger partial charge in [0.25, 0.3) is 0 Å². The molecular weight excluding hydrogens is 172 g/mol. The normalized spacial score (nSPS) is 24.2. The van der Waals surface area contributed by atoms with Gasteiger partial charge < -0.3 is 5.73 Å². The van der Waals surface area contributed by atoms with Crippen LogP contribution < -0.4 is 5.73 Å². The first kappa shape index (κ1) is 7.91. The van der Waals surface area contributed by atoms with Gasteiger partial charge in [0.1, 0.15) is 5.82 Å². The summed E-state index contributed by atoms with van der Waals surface area (Å²) in [7, 11) is 0. The highest BCUT2D eigenvalue weighted by Gasteiger charge is 2.18. The highest BCUT2D eigenvalue weighted by atomic mass is 32.2. The fraction of sp³-hybridized carbons (Fsp3) is 0.714. The molecule has 1 saturated heterocycles. The fourth-order valence-corrected chi connectivity index (χ4v) is 2.64. The summed E-state index contributed by atoms with van der Waals surface area (Å²) >= 11 is 1.94. The lowest BCUT2D eigenvalue weighted by molar-refractivity contribution is 0.664. The molecule has 1 fully saturated rings. The molecule has 66 valence electrons. The van der Waals surface area contributed by atoms with Crippen LogP contribution >= 0.6 is 11.8 Å². The summed E-state index contributed by atoms with van der Waals surface area (Å²) in [5.41, 5.74) is 5.42. The van der Waals surface area contributed by atoms with Crippen molar-refractivity contribution in [2.24, 2.45) is 0 Å². The lowest BCUT2D eigenvalue weighted by atomic mass is 10.2. The zero-order valence-corrected chi connectivity index (χ0v) is 7.60. The molecule has 1 atom stereocenters. The van der Waals surface area contributed by atoms with E-state index in [0.29, 0.717) is 11.2 Å². The predicted octanol–water partition coefficient (Wildman–Crippen LogP) is 1.35. The lowest BCUT2D eigenvalue weighted by Crippen LogP contribution is -2.03. The number of nitrogens with zero attached hydrogens (tertiary/aromatic N) is 2. The third-order valence-corrected chi connectivity index (χ3v) is 3.39. The van der Waals surface area contributed by atoms with E-state index in [1.165, 1.54) is 25.0 Å². The molecule has 1 aromatic heterocycles. The van der Waals surface area contributed by atoms with Crippen LogP contribution in [-0.4, -0.2) is 20.9 Å². The van der Waals surface area contributed by atoms with Crippen molar-refractivity contribution < 1.29 is 0 Å². The maximum absolute atomic E-state index is 5.42. The van der Waals surface area contributed by atoms with Crippen molar-refractivity contribution in [1.29, 1.82) is 0 Å². The molecule has 1 aliphatic heterocycles. The average molecular weight is 184 g/mol. The van der Waals surface area contributed by atoms with Crippen molar-refractivity contribution in [2.45, 2.75) is 24.5 Å². The SMILES string of the molecule is Nc1n[nH]c(C2CCCCS2)n1. The van der Waals surface area contributed by atoms with E-state index in [9.17, 15) is 0 Å². The van der Waals surface area contributed by atoms with Crippen molar-refractivity contribution in [2.75, 3.05) is 11.5 Å². The van der Waals surface area contributed by atoms with Crippen LogP contribution in [-0.2, 0) is 0 Å². The predicted molar refractivity (Wildman–Crippen MR) is 49.8 cm³/mol. The number of hydrogen-bond donors (Lipinski definition) is 2. The molecule has 0 aliphatic carbocycles. The summed E-state index contributed by atoms with van der Waals surface area (Å²) < 4.78 is 0. The number of nitrogens with two attached hydrogens (primary N) is 1. The first-order valence-corrected chi connectivity index (χ1v) is 5.20. The van der Waals surface area contributed by atoms with Gasteiger partial charge in [0.05, 0.1) is 5.25 Å². The van der Waals surface area contributed by atoms with Crippen molar-refractivity contribution in [3.05, 3.63) is 5.82 Å². The van der Waals surface area contributed by atoms with Crippen LogP contribution in [0.2, 0.25) is 0 Å². The summed E-state index contributed by atoms with van der Waals surface area (Å²) in [6, 6.07) is 0. The van der Waals surface area contributed by atoms with E-state index >= 15 is 0 Å². The largest absolute Gasteiger partial charge is 0.367 e. The average Bonchev–Trinajstić information content (AvgIpc) is 2.54. The van der Waals surface area contributed by atoms with Crippen LogP contribution in [0.5, 0.6) is 0 Å². The van der Waals surface area contributed by atoms with Crippen LogP contribution in [0.25, 0.3) is 0 Å². The van der Waals surface area contributed by atoms with Gasteiger partial charge >= 0.3 is 0 Å². The molecule has 1 aromatic rings. The second-order valence-electron chi connectivity index (χ2n) is 2.93. The number of nitrogen functional groups attached to an aromatic ring is 1. The summed E-state index contributed by atoms with van der Waals surface area (Å²) in [6.07, 6.45) is 3.81. The Morgan fingerprint density at radius 1 is 1.50 bits per heavy atom. The molecule has 4 nitrogen and oxygen atoms in total. The summed E-state index contributed by atoms with van der Waals surface area (Å²) in [6.45, 7) is 0. The number of rotatable bonds is 1. The second kappa shape index (κ2) is 3.35. The fourth-order valence-electron chi connectivity index (χ4n) is 1.39. The number of nitrogens with one attached hydrogen (secondary N) is 1. The Morgan fingerprint density at radius 2 is 2.42 bits per heavy atom.